The van der Waals surface area contributed by atoms with Crippen LogP contribution in [0.25, 0.3) is 0 Å². The molecule has 0 bridgehead atoms. The van der Waals surface area contributed by atoms with Gasteiger partial charge in [0.25, 0.3) is 0 Å². The van der Waals surface area contributed by atoms with Gasteiger partial charge in [0.1, 0.15) is 5.75 Å². The molecule has 0 saturated carbocycles. The highest BCUT2D eigenvalue weighted by atomic mass is 79.9. The lowest BCUT2D eigenvalue weighted by molar-refractivity contribution is 0.308. The van der Waals surface area contributed by atoms with Gasteiger partial charge in [-0.3, -0.25) is 0 Å². The minimum Gasteiger partial charge on any atom is -0.493 e. The smallest absolute Gasteiger partial charge is 0.123 e. The van der Waals surface area contributed by atoms with Crippen molar-refractivity contribution in [2.75, 3.05) is 6.61 Å². The van der Waals surface area contributed by atoms with Crippen molar-refractivity contribution in [1.29, 1.82) is 0 Å². The summed E-state index contributed by atoms with van der Waals surface area (Å²) in [6, 6.07) is 6.21. The molecule has 0 aliphatic rings. The molecule has 0 aliphatic carbocycles. The fraction of sp³-hybridized carbons (Fsp3) is 0.538. The third-order valence-electron chi connectivity index (χ3n) is 2.21. The molecule has 15 heavy (non-hydrogen) atoms. The Morgan fingerprint density at radius 2 is 1.93 bits per heavy atom. The van der Waals surface area contributed by atoms with E-state index in [-0.39, 0.29) is 5.41 Å². The van der Waals surface area contributed by atoms with Gasteiger partial charge in [-0.15, -0.1) is 0 Å². The van der Waals surface area contributed by atoms with Crippen LogP contribution in [0.1, 0.15) is 39.7 Å². The molecule has 0 unspecified atom stereocenters. The van der Waals surface area contributed by atoms with Gasteiger partial charge in [0, 0.05) is 10.0 Å². The molecule has 0 aromatic heterocycles. The van der Waals surface area contributed by atoms with E-state index in [0.717, 1.165) is 23.2 Å². The molecule has 1 aromatic carbocycles. The third kappa shape index (κ3) is 3.53. The minimum absolute atomic E-state index is 0.118. The van der Waals surface area contributed by atoms with Gasteiger partial charge >= 0.3 is 0 Å². The maximum atomic E-state index is 5.75. The van der Waals surface area contributed by atoms with Crippen molar-refractivity contribution in [3.05, 3.63) is 28.2 Å². The Hall–Kier alpha value is -0.500. The molecule has 0 saturated heterocycles. The van der Waals surface area contributed by atoms with E-state index in [1.165, 1.54) is 5.56 Å². The van der Waals surface area contributed by atoms with Gasteiger partial charge in [0.15, 0.2) is 0 Å². The number of benzene rings is 1. The Labute approximate surface area is 101 Å². The summed E-state index contributed by atoms with van der Waals surface area (Å²) < 4.78 is 6.85. The van der Waals surface area contributed by atoms with E-state index in [4.69, 9.17) is 4.74 Å². The molecule has 0 fully saturated rings. The maximum Gasteiger partial charge on any atom is 0.123 e. The largest absolute Gasteiger partial charge is 0.493 e. The fourth-order valence-corrected chi connectivity index (χ4v) is 1.79. The molecule has 84 valence electrons. The van der Waals surface area contributed by atoms with Gasteiger partial charge in [0.05, 0.1) is 6.61 Å². The second-order valence-electron chi connectivity index (χ2n) is 4.74. The Bertz CT molecular complexity index is 326. The zero-order valence-corrected chi connectivity index (χ0v) is 11.5. The van der Waals surface area contributed by atoms with Gasteiger partial charge in [-0.1, -0.05) is 43.6 Å². The number of halogens is 1. The summed E-state index contributed by atoms with van der Waals surface area (Å²) in [4.78, 5) is 0. The standard InChI is InChI=1S/C13H19BrO/c1-5-8-15-12-7-6-10(14)9-11(12)13(2,3)4/h6-7,9H,5,8H2,1-4H3. The zero-order valence-electron chi connectivity index (χ0n) is 9.93. The Morgan fingerprint density at radius 3 is 2.47 bits per heavy atom. The second kappa shape index (κ2) is 5.02. The maximum absolute atomic E-state index is 5.75. The lowest BCUT2D eigenvalue weighted by atomic mass is 9.86. The number of hydrogen-bond donors (Lipinski definition) is 0. The van der Waals surface area contributed by atoms with E-state index in [2.05, 4.69) is 49.7 Å². The van der Waals surface area contributed by atoms with Crippen LogP contribution in [0.4, 0.5) is 0 Å². The average molecular weight is 271 g/mol. The SMILES string of the molecule is CCCOc1ccc(Br)cc1C(C)(C)C. The predicted molar refractivity (Wildman–Crippen MR) is 68.6 cm³/mol. The van der Waals surface area contributed by atoms with Crippen molar-refractivity contribution in [2.24, 2.45) is 0 Å². The van der Waals surface area contributed by atoms with Crippen molar-refractivity contribution in [2.45, 2.75) is 39.5 Å². The van der Waals surface area contributed by atoms with Crippen molar-refractivity contribution < 1.29 is 4.74 Å². The molecule has 0 atom stereocenters. The number of rotatable bonds is 3. The van der Waals surface area contributed by atoms with E-state index in [1.54, 1.807) is 0 Å². The van der Waals surface area contributed by atoms with E-state index >= 15 is 0 Å². The third-order valence-corrected chi connectivity index (χ3v) is 2.70. The molecule has 0 heterocycles. The average Bonchev–Trinajstić information content (AvgIpc) is 2.14. The Kier molecular flexibility index (Phi) is 4.21. The summed E-state index contributed by atoms with van der Waals surface area (Å²) in [5, 5.41) is 0. The Morgan fingerprint density at radius 1 is 1.27 bits per heavy atom. The first-order chi connectivity index (χ1) is 6.95. The summed E-state index contributed by atoms with van der Waals surface area (Å²) in [5.74, 6) is 1.01. The lowest BCUT2D eigenvalue weighted by Gasteiger charge is -2.23. The van der Waals surface area contributed by atoms with E-state index < -0.39 is 0 Å². The van der Waals surface area contributed by atoms with Crippen LogP contribution < -0.4 is 4.74 Å². The predicted octanol–water partition coefficient (Wildman–Crippen LogP) is 4.54. The van der Waals surface area contributed by atoms with Crippen LogP contribution in [0.2, 0.25) is 0 Å². The highest BCUT2D eigenvalue weighted by Crippen LogP contribution is 2.33. The molecule has 2 heteroatoms. The molecule has 0 N–H and O–H groups in total. The van der Waals surface area contributed by atoms with Crippen LogP contribution in [0.3, 0.4) is 0 Å². The highest BCUT2D eigenvalue weighted by Gasteiger charge is 2.19. The molecule has 0 aliphatic heterocycles. The van der Waals surface area contributed by atoms with Gasteiger partial charge < -0.3 is 4.74 Å². The van der Waals surface area contributed by atoms with Crippen molar-refractivity contribution in [3.8, 4) is 5.75 Å². The lowest BCUT2D eigenvalue weighted by Crippen LogP contribution is -2.13. The van der Waals surface area contributed by atoms with Crippen LogP contribution in [-0.4, -0.2) is 6.61 Å². The molecule has 1 nitrogen and oxygen atoms in total. The molecular formula is C13H19BrO. The molecule has 0 radical (unpaired) electrons. The first-order valence-corrected chi connectivity index (χ1v) is 6.17. The van der Waals surface area contributed by atoms with Crippen LogP contribution in [-0.2, 0) is 5.41 Å². The normalized spacial score (nSPS) is 11.5. The van der Waals surface area contributed by atoms with Crippen molar-refractivity contribution in [3.63, 3.8) is 0 Å². The zero-order chi connectivity index (χ0) is 11.5. The molecular weight excluding hydrogens is 252 g/mol. The van der Waals surface area contributed by atoms with E-state index in [9.17, 15) is 0 Å². The highest BCUT2D eigenvalue weighted by molar-refractivity contribution is 9.10. The van der Waals surface area contributed by atoms with Gasteiger partial charge in [-0.05, 0) is 30.0 Å². The van der Waals surface area contributed by atoms with Crippen LogP contribution in [0.15, 0.2) is 22.7 Å². The quantitative estimate of drug-likeness (QED) is 0.784. The summed E-state index contributed by atoms with van der Waals surface area (Å²) >= 11 is 3.50. The second-order valence-corrected chi connectivity index (χ2v) is 5.65. The van der Waals surface area contributed by atoms with Crippen molar-refractivity contribution >= 4 is 15.9 Å². The monoisotopic (exact) mass is 270 g/mol. The van der Waals surface area contributed by atoms with E-state index in [1.807, 2.05) is 12.1 Å². The van der Waals surface area contributed by atoms with Crippen LogP contribution >= 0.6 is 15.9 Å². The van der Waals surface area contributed by atoms with Crippen LogP contribution in [0.5, 0.6) is 5.75 Å². The van der Waals surface area contributed by atoms with Gasteiger partial charge in [-0.25, -0.2) is 0 Å². The van der Waals surface area contributed by atoms with Crippen LogP contribution in [0, 0.1) is 0 Å². The summed E-state index contributed by atoms with van der Waals surface area (Å²) in [5.41, 5.74) is 1.37. The van der Waals surface area contributed by atoms with Gasteiger partial charge in [-0.2, -0.15) is 0 Å². The molecule has 0 spiro atoms. The summed E-state index contributed by atoms with van der Waals surface area (Å²) in [6.07, 6.45) is 1.04. The summed E-state index contributed by atoms with van der Waals surface area (Å²) in [6.45, 7) is 9.51. The van der Waals surface area contributed by atoms with Gasteiger partial charge in [0.2, 0.25) is 0 Å². The topological polar surface area (TPSA) is 9.23 Å². The fourth-order valence-electron chi connectivity index (χ4n) is 1.43. The Balaban J connectivity index is 3.04. The number of hydrogen-bond acceptors (Lipinski definition) is 1. The first-order valence-electron chi connectivity index (χ1n) is 5.38. The molecule has 0 amide bonds. The van der Waals surface area contributed by atoms with E-state index in [0.29, 0.717) is 0 Å². The molecule has 1 rings (SSSR count). The molecule has 1 aromatic rings. The summed E-state index contributed by atoms with van der Waals surface area (Å²) in [7, 11) is 0. The first kappa shape index (κ1) is 12.6. The van der Waals surface area contributed by atoms with Crippen molar-refractivity contribution in [1.82, 2.24) is 0 Å². The minimum atomic E-state index is 0.118. The number of ether oxygens (including phenoxy) is 1.